The summed E-state index contributed by atoms with van der Waals surface area (Å²) in [6.07, 6.45) is 6.00. The molecule has 2 aromatic carbocycles. The Morgan fingerprint density at radius 2 is 1.75 bits per heavy atom. The summed E-state index contributed by atoms with van der Waals surface area (Å²) in [4.78, 5) is 33.1. The molecule has 48 heavy (non-hydrogen) atoms. The Bertz CT molecular complexity index is 2310. The lowest BCUT2D eigenvalue weighted by atomic mass is 10.1. The largest absolute Gasteiger partial charge is 0.480 e. The summed E-state index contributed by atoms with van der Waals surface area (Å²) in [6.45, 7) is 0.00665. The molecule has 14 nitrogen and oxygen atoms in total. The number of anilines is 1. The Kier molecular flexibility index (Phi) is 8.51. The second-order valence-corrected chi connectivity index (χ2v) is 11.7. The third-order valence-electron chi connectivity index (χ3n) is 7.07. The van der Waals surface area contributed by atoms with Gasteiger partial charge in [-0.2, -0.15) is 0 Å². The molecule has 6 aromatic rings. The second kappa shape index (κ2) is 12.9. The summed E-state index contributed by atoms with van der Waals surface area (Å²) in [5.74, 6) is -3.31. The van der Waals surface area contributed by atoms with Crippen molar-refractivity contribution in [3.8, 4) is 22.7 Å². The summed E-state index contributed by atoms with van der Waals surface area (Å²) < 4.78 is 68.8. The molecule has 0 atom stereocenters. The predicted molar refractivity (Wildman–Crippen MR) is 166 cm³/mol. The van der Waals surface area contributed by atoms with E-state index in [0.717, 1.165) is 12.1 Å². The van der Waals surface area contributed by atoms with Crippen LogP contribution in [0.2, 0.25) is 0 Å². The number of hydrogen-bond acceptors (Lipinski definition) is 10. The van der Waals surface area contributed by atoms with Crippen molar-refractivity contribution < 1.29 is 36.3 Å². The molecule has 0 fully saturated rings. The highest BCUT2D eigenvalue weighted by Gasteiger charge is 2.23. The molecule has 0 aliphatic carbocycles. The molecule has 4 aromatic heterocycles. The number of para-hydroxylation sites is 1. The van der Waals surface area contributed by atoms with Crippen LogP contribution in [0.1, 0.15) is 26.5 Å². The van der Waals surface area contributed by atoms with Crippen LogP contribution in [0, 0.1) is 11.6 Å². The van der Waals surface area contributed by atoms with E-state index < -0.39 is 38.4 Å². The molecule has 0 unspecified atom stereocenters. The fourth-order valence-corrected chi connectivity index (χ4v) is 5.88. The maximum absolute atomic E-state index is 14.3. The normalized spacial score (nSPS) is 11.3. The number of aromatic nitrogens is 6. The lowest BCUT2D eigenvalue weighted by Crippen LogP contribution is -2.24. The number of pyridine rings is 2. The first-order valence-electron chi connectivity index (χ1n) is 13.9. The van der Waals surface area contributed by atoms with E-state index in [1.165, 1.54) is 41.8 Å². The summed E-state index contributed by atoms with van der Waals surface area (Å²) >= 11 is 0. The summed E-state index contributed by atoms with van der Waals surface area (Å²) in [5, 5.41) is 10.9. The standard InChI is InChI=1S/C31H24F2N8O6S/c1-46-30-24(38-48(44,45)27-9-8-20(32)12-23(27)33)11-19(13-36-30)18-7-10-28-34-15-26(40(28)16-18)29(42)35-14-21-17-41(39-37-21)25-6-4-3-5-22(25)31(43)47-2/h3-13,15-17,38H,14H2,1-2H3,(H,35,42). The van der Waals surface area contributed by atoms with Crippen molar-refractivity contribution >= 4 is 33.2 Å². The molecular formula is C31H24F2N8O6S. The minimum Gasteiger partial charge on any atom is -0.480 e. The molecular weight excluding hydrogens is 650 g/mol. The number of imidazole rings is 1. The van der Waals surface area contributed by atoms with Gasteiger partial charge in [0.2, 0.25) is 5.88 Å². The molecule has 0 saturated heterocycles. The topological polar surface area (TPSA) is 172 Å². The average molecular weight is 675 g/mol. The Hall–Kier alpha value is -6.23. The van der Waals surface area contributed by atoms with Crippen LogP contribution in [-0.2, 0) is 21.3 Å². The highest BCUT2D eigenvalue weighted by molar-refractivity contribution is 7.92. The van der Waals surface area contributed by atoms with Gasteiger partial charge in [-0.3, -0.25) is 13.9 Å². The number of fused-ring (bicyclic) bond motifs is 1. The third-order valence-corrected chi connectivity index (χ3v) is 8.47. The monoisotopic (exact) mass is 674 g/mol. The smallest absolute Gasteiger partial charge is 0.340 e. The Morgan fingerprint density at radius 1 is 0.938 bits per heavy atom. The molecule has 1 amide bonds. The van der Waals surface area contributed by atoms with Gasteiger partial charge in [-0.1, -0.05) is 17.3 Å². The lowest BCUT2D eigenvalue weighted by molar-refractivity contribution is 0.0600. The first kappa shape index (κ1) is 31.7. The van der Waals surface area contributed by atoms with E-state index in [4.69, 9.17) is 9.47 Å². The zero-order valence-electron chi connectivity index (χ0n) is 25.1. The van der Waals surface area contributed by atoms with E-state index in [0.29, 0.717) is 39.8 Å². The second-order valence-electron chi connectivity index (χ2n) is 10.1. The zero-order chi connectivity index (χ0) is 34.0. The van der Waals surface area contributed by atoms with Gasteiger partial charge in [0.05, 0.1) is 44.4 Å². The molecule has 0 bridgehead atoms. The SMILES string of the molecule is COC(=O)c1ccccc1-n1cc(CNC(=O)c2cnc3ccc(-c4cnc(OC)c(NS(=O)(=O)c5ccc(F)cc5F)c4)cn23)nn1. The van der Waals surface area contributed by atoms with Gasteiger partial charge < -0.3 is 14.8 Å². The van der Waals surface area contributed by atoms with Gasteiger partial charge in [0, 0.05) is 29.6 Å². The average Bonchev–Trinajstić information content (AvgIpc) is 3.74. The lowest BCUT2D eigenvalue weighted by Gasteiger charge is -2.13. The van der Waals surface area contributed by atoms with Gasteiger partial charge in [0.1, 0.15) is 39.3 Å². The number of esters is 1. The number of sulfonamides is 1. The molecule has 0 aliphatic heterocycles. The minimum absolute atomic E-state index is 0.00665. The molecule has 4 heterocycles. The molecule has 0 spiro atoms. The highest BCUT2D eigenvalue weighted by Crippen LogP contribution is 2.31. The molecule has 0 radical (unpaired) electrons. The van der Waals surface area contributed by atoms with E-state index in [-0.39, 0.29) is 23.8 Å². The summed E-state index contributed by atoms with van der Waals surface area (Å²) in [5.41, 5.74) is 2.62. The van der Waals surface area contributed by atoms with E-state index in [2.05, 4.69) is 30.3 Å². The first-order valence-corrected chi connectivity index (χ1v) is 15.4. The molecule has 6 rings (SSSR count). The van der Waals surface area contributed by atoms with Gasteiger partial charge >= 0.3 is 5.97 Å². The third kappa shape index (κ3) is 6.25. The highest BCUT2D eigenvalue weighted by atomic mass is 32.2. The van der Waals surface area contributed by atoms with E-state index in [1.807, 2.05) is 0 Å². The number of nitrogens with zero attached hydrogens (tertiary/aromatic N) is 6. The fourth-order valence-electron chi connectivity index (χ4n) is 4.77. The van der Waals surface area contributed by atoms with Gasteiger partial charge in [-0.05, 0) is 42.5 Å². The number of methoxy groups -OCH3 is 2. The van der Waals surface area contributed by atoms with Crippen molar-refractivity contribution in [2.24, 2.45) is 0 Å². The van der Waals surface area contributed by atoms with Crippen molar-refractivity contribution in [3.05, 3.63) is 114 Å². The quantitative estimate of drug-likeness (QED) is 0.204. The van der Waals surface area contributed by atoms with Crippen molar-refractivity contribution in [1.29, 1.82) is 0 Å². The molecule has 2 N–H and O–H groups in total. The first-order chi connectivity index (χ1) is 23.1. The van der Waals surface area contributed by atoms with Gasteiger partial charge in [-0.15, -0.1) is 5.10 Å². The predicted octanol–water partition coefficient (Wildman–Crippen LogP) is 3.78. The summed E-state index contributed by atoms with van der Waals surface area (Å²) in [7, 11) is -1.94. The van der Waals surface area contributed by atoms with Crippen molar-refractivity contribution in [2.45, 2.75) is 11.4 Å². The number of benzene rings is 2. The van der Waals surface area contributed by atoms with Crippen LogP contribution >= 0.6 is 0 Å². The van der Waals surface area contributed by atoms with Crippen LogP contribution in [0.25, 0.3) is 22.5 Å². The number of carbonyl (C=O) groups excluding carboxylic acids is 2. The molecule has 17 heteroatoms. The molecule has 0 aliphatic rings. The van der Waals surface area contributed by atoms with E-state index >= 15 is 0 Å². The number of halogens is 2. The fraction of sp³-hybridized carbons (Fsp3) is 0.0968. The molecule has 244 valence electrons. The maximum Gasteiger partial charge on any atom is 0.340 e. The van der Waals surface area contributed by atoms with Crippen LogP contribution in [-0.4, -0.2) is 63.9 Å². The maximum atomic E-state index is 14.3. The Balaban J connectivity index is 1.23. The van der Waals surface area contributed by atoms with Crippen molar-refractivity contribution in [1.82, 2.24) is 34.7 Å². The van der Waals surface area contributed by atoms with Gasteiger partial charge in [-0.25, -0.2) is 36.6 Å². The van der Waals surface area contributed by atoms with Crippen molar-refractivity contribution in [2.75, 3.05) is 18.9 Å². The minimum atomic E-state index is -4.50. The van der Waals surface area contributed by atoms with Crippen LogP contribution in [0.5, 0.6) is 5.88 Å². The van der Waals surface area contributed by atoms with E-state index in [1.54, 1.807) is 48.8 Å². The van der Waals surface area contributed by atoms with Crippen molar-refractivity contribution in [3.63, 3.8) is 0 Å². The number of carbonyl (C=O) groups is 2. The van der Waals surface area contributed by atoms with Gasteiger partial charge in [0.25, 0.3) is 15.9 Å². The van der Waals surface area contributed by atoms with Crippen LogP contribution in [0.3, 0.4) is 0 Å². The summed E-state index contributed by atoms with van der Waals surface area (Å²) in [6, 6.07) is 13.6. The number of hydrogen-bond donors (Lipinski definition) is 2. The zero-order valence-corrected chi connectivity index (χ0v) is 25.9. The van der Waals surface area contributed by atoms with Crippen LogP contribution < -0.4 is 14.8 Å². The van der Waals surface area contributed by atoms with E-state index in [9.17, 15) is 26.8 Å². The molecule has 0 saturated carbocycles. The van der Waals surface area contributed by atoms with Crippen LogP contribution in [0.4, 0.5) is 14.5 Å². The van der Waals surface area contributed by atoms with Gasteiger partial charge in [0.15, 0.2) is 0 Å². The number of amides is 1. The number of rotatable bonds is 10. The number of ether oxygens (including phenoxy) is 2. The van der Waals surface area contributed by atoms with Crippen LogP contribution in [0.15, 0.2) is 90.3 Å². The Morgan fingerprint density at radius 3 is 2.52 bits per heavy atom. The number of nitrogens with one attached hydrogen (secondary N) is 2. The Labute approximate surface area is 271 Å².